The highest BCUT2D eigenvalue weighted by atomic mass is 19.4. The molecule has 1 aromatic carbocycles. The van der Waals surface area contributed by atoms with E-state index in [4.69, 9.17) is 0 Å². The molecule has 0 bridgehead atoms. The van der Waals surface area contributed by atoms with Crippen LogP contribution in [-0.2, 0) is 6.18 Å². The van der Waals surface area contributed by atoms with Crippen molar-refractivity contribution in [1.82, 2.24) is 9.88 Å². The number of aromatic nitrogens is 1. The summed E-state index contributed by atoms with van der Waals surface area (Å²) in [6.07, 6.45) is 1.23. The molecular formula is C20H18F3N3O. The zero-order valence-electron chi connectivity index (χ0n) is 14.5. The minimum Gasteiger partial charge on any atom is -0.337 e. The molecule has 0 spiro atoms. The average Bonchev–Trinajstić information content (AvgIpc) is 3.30. The number of allylic oxidation sites excluding steroid dienone is 1. The highest BCUT2D eigenvalue weighted by Crippen LogP contribution is 2.38. The molecule has 0 aliphatic carbocycles. The van der Waals surface area contributed by atoms with Gasteiger partial charge in [0.05, 0.1) is 5.56 Å². The largest absolute Gasteiger partial charge is 0.416 e. The van der Waals surface area contributed by atoms with Crippen LogP contribution in [0, 0.1) is 0 Å². The first-order valence-electron chi connectivity index (χ1n) is 8.71. The molecular weight excluding hydrogens is 355 g/mol. The van der Waals surface area contributed by atoms with Crippen molar-refractivity contribution in [2.24, 2.45) is 0 Å². The number of benzene rings is 1. The molecule has 1 fully saturated rings. The van der Waals surface area contributed by atoms with Gasteiger partial charge in [0, 0.05) is 30.0 Å². The number of H-pyrrole nitrogens is 1. The van der Waals surface area contributed by atoms with Gasteiger partial charge in [0.1, 0.15) is 11.5 Å². The van der Waals surface area contributed by atoms with Gasteiger partial charge in [0.15, 0.2) is 0 Å². The van der Waals surface area contributed by atoms with Crippen LogP contribution in [0.2, 0.25) is 0 Å². The van der Waals surface area contributed by atoms with Crippen LogP contribution in [-0.4, -0.2) is 28.9 Å². The third-order valence-corrected chi connectivity index (χ3v) is 4.87. The first-order valence-corrected chi connectivity index (χ1v) is 8.71. The van der Waals surface area contributed by atoms with Crippen LogP contribution in [0.25, 0.3) is 6.08 Å². The van der Waals surface area contributed by atoms with Gasteiger partial charge in [0.2, 0.25) is 0 Å². The standard InChI is InChI=1S/C20H18F3N3O/c1-13-4-5-14-12-17(19(27)25-10-2-3-11-25)24-18(14)26(13)16-8-6-15(7-9-16)20(21,22)23/h4-9,12,24H,1-3,10-11H2. The van der Waals surface area contributed by atoms with Crippen molar-refractivity contribution in [3.05, 3.63) is 65.5 Å². The highest BCUT2D eigenvalue weighted by molar-refractivity contribution is 5.96. The summed E-state index contributed by atoms with van der Waals surface area (Å²) >= 11 is 0. The van der Waals surface area contributed by atoms with Crippen LogP contribution < -0.4 is 4.90 Å². The van der Waals surface area contributed by atoms with E-state index in [0.717, 1.165) is 43.6 Å². The van der Waals surface area contributed by atoms with Gasteiger partial charge in [-0.05, 0) is 55.3 Å². The third-order valence-electron chi connectivity index (χ3n) is 4.87. The first kappa shape index (κ1) is 17.5. The zero-order chi connectivity index (χ0) is 19.2. The Morgan fingerprint density at radius 1 is 1.07 bits per heavy atom. The molecule has 3 heterocycles. The maximum Gasteiger partial charge on any atom is 0.416 e. The van der Waals surface area contributed by atoms with E-state index in [1.807, 2.05) is 6.08 Å². The number of amides is 1. The van der Waals surface area contributed by atoms with Crippen LogP contribution in [0.15, 0.2) is 48.7 Å². The summed E-state index contributed by atoms with van der Waals surface area (Å²) in [5, 5.41) is 0. The Balaban J connectivity index is 1.68. The normalized spacial score (nSPS) is 16.8. The van der Waals surface area contributed by atoms with Crippen molar-refractivity contribution in [2.75, 3.05) is 18.0 Å². The second-order valence-electron chi connectivity index (χ2n) is 6.69. The van der Waals surface area contributed by atoms with Crippen LogP contribution in [0.4, 0.5) is 24.7 Å². The molecule has 0 radical (unpaired) electrons. The van der Waals surface area contributed by atoms with Gasteiger partial charge in [-0.1, -0.05) is 6.58 Å². The van der Waals surface area contributed by atoms with Crippen molar-refractivity contribution in [3.8, 4) is 0 Å². The van der Waals surface area contributed by atoms with Gasteiger partial charge in [-0.15, -0.1) is 0 Å². The molecule has 1 saturated heterocycles. The lowest BCUT2D eigenvalue weighted by Gasteiger charge is -2.27. The minimum atomic E-state index is -4.38. The van der Waals surface area contributed by atoms with Gasteiger partial charge < -0.3 is 9.88 Å². The molecule has 2 aromatic rings. The van der Waals surface area contributed by atoms with Crippen molar-refractivity contribution >= 4 is 23.5 Å². The van der Waals surface area contributed by atoms with Crippen molar-refractivity contribution < 1.29 is 18.0 Å². The molecule has 4 rings (SSSR count). The van der Waals surface area contributed by atoms with E-state index in [9.17, 15) is 18.0 Å². The Morgan fingerprint density at radius 2 is 1.74 bits per heavy atom. The van der Waals surface area contributed by atoms with Gasteiger partial charge >= 0.3 is 6.18 Å². The SMILES string of the molecule is C=C1C=Cc2cc(C(=O)N3CCCC3)[nH]c2N1c1ccc(C(F)(F)F)cc1. The van der Waals surface area contributed by atoms with Crippen LogP contribution in [0.5, 0.6) is 0 Å². The second kappa shape index (κ2) is 6.33. The summed E-state index contributed by atoms with van der Waals surface area (Å²) in [6.45, 7) is 5.46. The Hall–Kier alpha value is -2.96. The van der Waals surface area contributed by atoms with Crippen molar-refractivity contribution in [1.29, 1.82) is 0 Å². The third kappa shape index (κ3) is 3.13. The second-order valence-corrected chi connectivity index (χ2v) is 6.69. The average molecular weight is 373 g/mol. The number of fused-ring (bicyclic) bond motifs is 1. The molecule has 140 valence electrons. The lowest BCUT2D eigenvalue weighted by Crippen LogP contribution is -2.28. The number of carbonyl (C=O) groups excluding carboxylic acids is 1. The molecule has 2 aliphatic rings. The summed E-state index contributed by atoms with van der Waals surface area (Å²) in [7, 11) is 0. The van der Waals surface area contributed by atoms with E-state index in [1.54, 1.807) is 21.9 Å². The topological polar surface area (TPSA) is 39.3 Å². The van der Waals surface area contributed by atoms with E-state index >= 15 is 0 Å². The predicted octanol–water partition coefficient (Wildman–Crippen LogP) is 4.95. The smallest absolute Gasteiger partial charge is 0.337 e. The summed E-state index contributed by atoms with van der Waals surface area (Å²) in [6, 6.07) is 6.66. The quantitative estimate of drug-likeness (QED) is 0.809. The van der Waals surface area contributed by atoms with E-state index in [1.165, 1.54) is 12.1 Å². The van der Waals surface area contributed by atoms with Crippen molar-refractivity contribution in [3.63, 3.8) is 0 Å². The van der Waals surface area contributed by atoms with E-state index in [2.05, 4.69) is 11.6 Å². The summed E-state index contributed by atoms with van der Waals surface area (Å²) in [5.74, 6) is 0.568. The summed E-state index contributed by atoms with van der Waals surface area (Å²) < 4.78 is 38.5. The fraction of sp³-hybridized carbons (Fsp3) is 0.250. The fourth-order valence-electron chi connectivity index (χ4n) is 3.48. The number of hydrogen-bond acceptors (Lipinski definition) is 2. The van der Waals surface area contributed by atoms with Crippen LogP contribution in [0.1, 0.15) is 34.5 Å². The minimum absolute atomic E-state index is 0.0618. The summed E-state index contributed by atoms with van der Waals surface area (Å²) in [5.41, 5.74) is 1.70. The molecule has 0 saturated carbocycles. The molecule has 0 unspecified atom stereocenters. The van der Waals surface area contributed by atoms with E-state index in [0.29, 0.717) is 22.9 Å². The summed E-state index contributed by atoms with van der Waals surface area (Å²) in [4.78, 5) is 19.3. The van der Waals surface area contributed by atoms with E-state index in [-0.39, 0.29) is 5.91 Å². The van der Waals surface area contributed by atoms with Gasteiger partial charge in [-0.3, -0.25) is 9.69 Å². The zero-order valence-corrected chi connectivity index (χ0v) is 14.5. The molecule has 2 aliphatic heterocycles. The van der Waals surface area contributed by atoms with E-state index < -0.39 is 11.7 Å². The number of aromatic amines is 1. The Labute approximate surface area is 154 Å². The first-order chi connectivity index (χ1) is 12.8. The number of likely N-dealkylation sites (tertiary alicyclic amines) is 1. The molecule has 1 N–H and O–H groups in total. The molecule has 27 heavy (non-hydrogen) atoms. The monoisotopic (exact) mass is 373 g/mol. The van der Waals surface area contributed by atoms with Crippen molar-refractivity contribution in [2.45, 2.75) is 19.0 Å². The fourth-order valence-corrected chi connectivity index (χ4v) is 3.48. The number of anilines is 2. The maximum absolute atomic E-state index is 12.8. The lowest BCUT2D eigenvalue weighted by molar-refractivity contribution is -0.137. The van der Waals surface area contributed by atoms with Gasteiger partial charge in [-0.2, -0.15) is 13.2 Å². The number of hydrogen-bond donors (Lipinski definition) is 1. The molecule has 1 aromatic heterocycles. The number of halogens is 3. The molecule has 7 heteroatoms. The number of rotatable bonds is 2. The highest BCUT2D eigenvalue weighted by Gasteiger charge is 2.31. The maximum atomic E-state index is 12.8. The van der Waals surface area contributed by atoms with Gasteiger partial charge in [-0.25, -0.2) is 0 Å². The number of carbonyl (C=O) groups is 1. The Bertz CT molecular complexity index is 919. The number of alkyl halides is 3. The predicted molar refractivity (Wildman–Crippen MR) is 97.7 cm³/mol. The molecule has 1 amide bonds. The Kier molecular flexibility index (Phi) is 4.09. The molecule has 4 nitrogen and oxygen atoms in total. The van der Waals surface area contributed by atoms with Gasteiger partial charge in [0.25, 0.3) is 5.91 Å². The van der Waals surface area contributed by atoms with Crippen LogP contribution >= 0.6 is 0 Å². The lowest BCUT2D eigenvalue weighted by atomic mass is 10.1. The Morgan fingerprint density at radius 3 is 2.37 bits per heavy atom. The molecule has 0 atom stereocenters. The number of nitrogens with one attached hydrogen (secondary N) is 1. The van der Waals surface area contributed by atoms with Crippen LogP contribution in [0.3, 0.4) is 0 Å². The number of nitrogens with zero attached hydrogens (tertiary/aromatic N) is 2.